The van der Waals surface area contributed by atoms with Crippen molar-refractivity contribution in [1.82, 2.24) is 0 Å². The molecule has 3 nitrogen and oxygen atoms in total. The first kappa shape index (κ1) is 19.3. The second-order valence-corrected chi connectivity index (χ2v) is 8.40. The first-order valence-corrected chi connectivity index (χ1v) is 10.4. The molecule has 0 bridgehead atoms. The number of amides is 1. The van der Waals surface area contributed by atoms with Gasteiger partial charge >= 0.3 is 6.18 Å². The molecule has 0 spiro atoms. The molecule has 148 valence electrons. The molecule has 0 unspecified atom stereocenters. The van der Waals surface area contributed by atoms with E-state index in [2.05, 4.69) is 5.32 Å². The molecule has 0 atom stereocenters. The zero-order valence-corrected chi connectivity index (χ0v) is 16.2. The number of nitrogens with two attached hydrogens (primary N) is 1. The molecule has 1 aliphatic heterocycles. The van der Waals surface area contributed by atoms with E-state index < -0.39 is 11.7 Å². The van der Waals surface area contributed by atoms with E-state index in [1.807, 2.05) is 18.2 Å². The molecule has 1 aliphatic carbocycles. The van der Waals surface area contributed by atoms with Crippen LogP contribution in [0, 0.1) is 0 Å². The quantitative estimate of drug-likeness (QED) is 0.799. The van der Waals surface area contributed by atoms with E-state index >= 15 is 0 Å². The van der Waals surface area contributed by atoms with Crippen LogP contribution in [0.2, 0.25) is 0 Å². The van der Waals surface area contributed by atoms with Crippen LogP contribution in [0.25, 0.3) is 0 Å². The van der Waals surface area contributed by atoms with E-state index in [0.29, 0.717) is 22.3 Å². The van der Waals surface area contributed by atoms with Gasteiger partial charge in [-0.05, 0) is 56.0 Å². The molecule has 0 radical (unpaired) electrons. The minimum Gasteiger partial charge on any atom is -0.336 e. The lowest BCUT2D eigenvalue weighted by Gasteiger charge is -2.31. The second kappa shape index (κ2) is 7.79. The number of fused-ring (bicyclic) bond motifs is 2. The summed E-state index contributed by atoms with van der Waals surface area (Å²) in [5.41, 5.74) is 0.238. The summed E-state index contributed by atoms with van der Waals surface area (Å²) >= 11 is 1.40. The Labute approximate surface area is 166 Å². The number of nitrogens with zero attached hydrogens (tertiary/aromatic N) is 1. The highest BCUT2D eigenvalue weighted by molar-refractivity contribution is 7.99. The molecule has 28 heavy (non-hydrogen) atoms. The van der Waals surface area contributed by atoms with Gasteiger partial charge in [-0.25, -0.2) is 0 Å². The molecule has 0 aromatic heterocycles. The predicted molar refractivity (Wildman–Crippen MR) is 103 cm³/mol. The average Bonchev–Trinajstić information content (AvgIpc) is 2.70. The Balaban J connectivity index is 1.65. The highest BCUT2D eigenvalue weighted by atomic mass is 32.2. The van der Waals surface area contributed by atoms with Gasteiger partial charge in [-0.3, -0.25) is 9.69 Å². The number of carbonyl (C=O) groups is 1. The normalized spacial score (nSPS) is 17.2. The van der Waals surface area contributed by atoms with Crippen LogP contribution in [-0.4, -0.2) is 18.5 Å². The van der Waals surface area contributed by atoms with Crippen LogP contribution in [0.4, 0.5) is 24.5 Å². The third-order valence-corrected chi connectivity index (χ3v) is 6.51. The van der Waals surface area contributed by atoms with Crippen molar-refractivity contribution in [3.63, 3.8) is 0 Å². The molecule has 1 fully saturated rings. The van der Waals surface area contributed by atoms with Crippen LogP contribution < -0.4 is 10.2 Å². The van der Waals surface area contributed by atoms with Crippen LogP contribution in [0.1, 0.15) is 37.7 Å². The minimum absolute atomic E-state index is 0.182. The van der Waals surface area contributed by atoms with Crippen molar-refractivity contribution >= 4 is 29.0 Å². The van der Waals surface area contributed by atoms with E-state index in [4.69, 9.17) is 0 Å². The molecule has 4 rings (SSSR count). The van der Waals surface area contributed by atoms with E-state index in [-0.39, 0.29) is 12.5 Å². The number of halogens is 3. The van der Waals surface area contributed by atoms with Crippen molar-refractivity contribution in [2.45, 2.75) is 54.1 Å². The number of quaternary nitrogens is 1. The summed E-state index contributed by atoms with van der Waals surface area (Å²) in [6.07, 6.45) is 1.33. The van der Waals surface area contributed by atoms with Gasteiger partial charge in [0.05, 0.1) is 23.0 Å². The highest BCUT2D eigenvalue weighted by Gasteiger charge is 2.35. The average molecular weight is 407 g/mol. The standard InChI is InChI=1S/C21H21F3N2OS/c22-21(23,24)14-10-11-19-17(12-14)26(16-8-4-5-9-18(16)28-19)20(27)13-25-15-6-2-1-3-7-15/h4-5,8-12,15,25H,1-3,6-7,13H2/p+1. The Hall–Kier alpha value is -1.99. The van der Waals surface area contributed by atoms with Gasteiger partial charge in [-0.1, -0.05) is 30.3 Å². The molecule has 2 aromatic rings. The number of alkyl halides is 3. The lowest BCUT2D eigenvalue weighted by Crippen LogP contribution is -2.92. The number of hydrogen-bond donors (Lipinski definition) is 1. The van der Waals surface area contributed by atoms with Crippen molar-refractivity contribution in [2.75, 3.05) is 11.4 Å². The number of hydrogen-bond acceptors (Lipinski definition) is 2. The van der Waals surface area contributed by atoms with Gasteiger partial charge in [-0.2, -0.15) is 13.2 Å². The summed E-state index contributed by atoms with van der Waals surface area (Å²) in [6, 6.07) is 11.4. The molecule has 2 aliphatic rings. The first-order valence-electron chi connectivity index (χ1n) is 9.58. The molecule has 0 saturated heterocycles. The van der Waals surface area contributed by atoms with Crippen LogP contribution in [-0.2, 0) is 11.0 Å². The van der Waals surface area contributed by atoms with Crippen molar-refractivity contribution in [1.29, 1.82) is 0 Å². The molecule has 1 heterocycles. The van der Waals surface area contributed by atoms with Gasteiger partial charge in [0.2, 0.25) is 0 Å². The number of benzene rings is 2. The van der Waals surface area contributed by atoms with E-state index in [0.717, 1.165) is 29.9 Å². The largest absolute Gasteiger partial charge is 0.416 e. The topological polar surface area (TPSA) is 36.9 Å². The van der Waals surface area contributed by atoms with Gasteiger partial charge in [0.15, 0.2) is 6.54 Å². The van der Waals surface area contributed by atoms with E-state index in [9.17, 15) is 18.0 Å². The molecule has 1 saturated carbocycles. The highest BCUT2D eigenvalue weighted by Crippen LogP contribution is 2.49. The van der Waals surface area contributed by atoms with Gasteiger partial charge in [-0.15, -0.1) is 0 Å². The summed E-state index contributed by atoms with van der Waals surface area (Å²) in [5, 5.41) is 2.05. The maximum atomic E-state index is 13.3. The third-order valence-electron chi connectivity index (χ3n) is 5.38. The van der Waals surface area contributed by atoms with Gasteiger partial charge in [0.1, 0.15) is 0 Å². The monoisotopic (exact) mass is 407 g/mol. The summed E-state index contributed by atoms with van der Waals surface area (Å²) in [6.45, 7) is 0.235. The second-order valence-electron chi connectivity index (χ2n) is 7.32. The SMILES string of the molecule is O=C(C[NH2+]C1CCCCC1)N1c2ccccc2Sc2ccc(C(F)(F)F)cc21. The van der Waals surface area contributed by atoms with Crippen LogP contribution in [0.3, 0.4) is 0 Å². The van der Waals surface area contributed by atoms with E-state index in [1.165, 1.54) is 42.0 Å². The first-order chi connectivity index (χ1) is 13.4. The summed E-state index contributed by atoms with van der Waals surface area (Å²) in [4.78, 5) is 16.1. The molecule has 2 N–H and O–H groups in total. The van der Waals surface area contributed by atoms with E-state index in [1.54, 1.807) is 6.07 Å². The minimum atomic E-state index is -4.44. The fourth-order valence-electron chi connectivity index (χ4n) is 3.93. The smallest absolute Gasteiger partial charge is 0.336 e. The Kier molecular flexibility index (Phi) is 5.38. The molecule has 2 aromatic carbocycles. The predicted octanol–water partition coefficient (Wildman–Crippen LogP) is 4.73. The number of carbonyl (C=O) groups excluding carboxylic acids is 1. The number of anilines is 2. The number of rotatable bonds is 3. The fourth-order valence-corrected chi connectivity index (χ4v) is 4.97. The van der Waals surface area contributed by atoms with Gasteiger partial charge < -0.3 is 5.32 Å². The Bertz CT molecular complexity index is 878. The lowest BCUT2D eigenvalue weighted by molar-refractivity contribution is -0.681. The van der Waals surface area contributed by atoms with Crippen molar-refractivity contribution in [3.8, 4) is 0 Å². The fraction of sp³-hybridized carbons (Fsp3) is 0.381. The Morgan fingerprint density at radius 1 is 1.04 bits per heavy atom. The molecule has 1 amide bonds. The molecular weight excluding hydrogens is 385 g/mol. The lowest BCUT2D eigenvalue weighted by atomic mass is 9.95. The zero-order valence-electron chi connectivity index (χ0n) is 15.3. The maximum absolute atomic E-state index is 13.3. The number of para-hydroxylation sites is 1. The molecule has 7 heteroatoms. The van der Waals surface area contributed by atoms with Crippen molar-refractivity contribution < 1.29 is 23.3 Å². The van der Waals surface area contributed by atoms with Crippen LogP contribution in [0.5, 0.6) is 0 Å². The third kappa shape index (κ3) is 3.91. The van der Waals surface area contributed by atoms with Gasteiger partial charge in [0, 0.05) is 9.79 Å². The molecular formula is C21H22F3N2OS+. The van der Waals surface area contributed by atoms with Crippen LogP contribution >= 0.6 is 11.8 Å². The van der Waals surface area contributed by atoms with Crippen molar-refractivity contribution in [2.24, 2.45) is 0 Å². The summed E-state index contributed by atoms with van der Waals surface area (Å²) < 4.78 is 39.8. The van der Waals surface area contributed by atoms with Crippen molar-refractivity contribution in [3.05, 3.63) is 48.0 Å². The Morgan fingerprint density at radius 2 is 1.75 bits per heavy atom. The Morgan fingerprint density at radius 3 is 2.50 bits per heavy atom. The summed E-state index contributed by atoms with van der Waals surface area (Å²) in [5.74, 6) is -0.182. The maximum Gasteiger partial charge on any atom is 0.416 e. The van der Waals surface area contributed by atoms with Crippen LogP contribution in [0.15, 0.2) is 52.3 Å². The summed E-state index contributed by atoms with van der Waals surface area (Å²) in [7, 11) is 0. The van der Waals surface area contributed by atoms with Gasteiger partial charge in [0.25, 0.3) is 5.91 Å². The zero-order chi connectivity index (χ0) is 19.7.